The highest BCUT2D eigenvalue weighted by molar-refractivity contribution is 5.78. The zero-order valence-electron chi connectivity index (χ0n) is 7.91. The van der Waals surface area contributed by atoms with Gasteiger partial charge < -0.3 is 9.74 Å². The van der Waals surface area contributed by atoms with Crippen LogP contribution in [0.5, 0.6) is 0 Å². The molecule has 1 heterocycles. The third-order valence-corrected chi connectivity index (χ3v) is 2.20. The van der Waals surface area contributed by atoms with Crippen molar-refractivity contribution in [1.29, 1.82) is 0 Å². The monoisotopic (exact) mass is 172 g/mol. The summed E-state index contributed by atoms with van der Waals surface area (Å²) in [5.41, 5.74) is 0. The van der Waals surface area contributed by atoms with Crippen molar-refractivity contribution in [3.8, 4) is 0 Å². The van der Waals surface area contributed by atoms with Gasteiger partial charge in [-0.2, -0.15) is 5.06 Å². The quantitative estimate of drug-likeness (QED) is 0.586. The van der Waals surface area contributed by atoms with Crippen LogP contribution in [-0.4, -0.2) is 50.2 Å². The second kappa shape index (κ2) is 3.87. The molecule has 1 rings (SSSR count). The molecular weight excluding hydrogens is 156 g/mol. The van der Waals surface area contributed by atoms with Gasteiger partial charge in [-0.15, -0.1) is 0 Å². The van der Waals surface area contributed by atoms with Crippen LogP contribution in [0.2, 0.25) is 0 Å². The predicted octanol–water partition coefficient (Wildman–Crippen LogP) is -0.0421. The van der Waals surface area contributed by atoms with E-state index in [9.17, 15) is 4.79 Å². The van der Waals surface area contributed by atoms with E-state index in [0.717, 1.165) is 19.5 Å². The van der Waals surface area contributed by atoms with Gasteiger partial charge in [-0.3, -0.25) is 4.79 Å². The second-order valence-corrected chi connectivity index (χ2v) is 3.29. The minimum absolute atomic E-state index is 0.125. The summed E-state index contributed by atoms with van der Waals surface area (Å²) in [7, 11) is 5.22. The summed E-state index contributed by atoms with van der Waals surface area (Å²) in [5, 5.41) is 1.83. The molecule has 0 radical (unpaired) electrons. The summed E-state index contributed by atoms with van der Waals surface area (Å²) in [6.07, 6.45) is 0.908. The van der Waals surface area contributed by atoms with Gasteiger partial charge in [-0.1, -0.05) is 0 Å². The van der Waals surface area contributed by atoms with E-state index >= 15 is 0 Å². The number of amides is 1. The molecule has 1 atom stereocenters. The van der Waals surface area contributed by atoms with Crippen molar-refractivity contribution in [3.05, 3.63) is 0 Å². The van der Waals surface area contributed by atoms with Crippen LogP contribution in [-0.2, 0) is 9.63 Å². The van der Waals surface area contributed by atoms with E-state index in [2.05, 4.69) is 0 Å². The van der Waals surface area contributed by atoms with Crippen molar-refractivity contribution >= 4 is 5.91 Å². The van der Waals surface area contributed by atoms with Gasteiger partial charge in [0.1, 0.15) is 0 Å². The van der Waals surface area contributed by atoms with Gasteiger partial charge in [0.25, 0.3) is 0 Å². The molecule has 0 bridgehead atoms. The van der Waals surface area contributed by atoms with Crippen LogP contribution in [0.3, 0.4) is 0 Å². The molecule has 0 aromatic heterocycles. The van der Waals surface area contributed by atoms with Crippen LogP contribution in [0.4, 0.5) is 0 Å². The lowest BCUT2D eigenvalue weighted by atomic mass is 10.1. The summed E-state index contributed by atoms with van der Waals surface area (Å²) in [6.45, 7) is 1.59. The van der Waals surface area contributed by atoms with Crippen LogP contribution in [0, 0.1) is 5.92 Å². The molecule has 0 aliphatic carbocycles. The van der Waals surface area contributed by atoms with Crippen molar-refractivity contribution in [1.82, 2.24) is 9.96 Å². The van der Waals surface area contributed by atoms with E-state index in [1.807, 2.05) is 5.06 Å². The fourth-order valence-electron chi connectivity index (χ4n) is 1.46. The largest absolute Gasteiger partial charge is 0.349 e. The first-order chi connectivity index (χ1) is 5.65. The number of hydrogen-bond acceptors (Lipinski definition) is 3. The Morgan fingerprint density at radius 3 is 2.67 bits per heavy atom. The van der Waals surface area contributed by atoms with Crippen LogP contribution >= 0.6 is 0 Å². The Hall–Kier alpha value is -0.610. The van der Waals surface area contributed by atoms with Crippen LogP contribution in [0.25, 0.3) is 0 Å². The lowest BCUT2D eigenvalue weighted by Gasteiger charge is -2.16. The Labute approximate surface area is 73.0 Å². The third-order valence-electron chi connectivity index (χ3n) is 2.20. The Kier molecular flexibility index (Phi) is 3.05. The highest BCUT2D eigenvalue weighted by Gasteiger charge is 2.29. The number of hydrogen-bond donors (Lipinski definition) is 0. The summed E-state index contributed by atoms with van der Waals surface area (Å²) in [6, 6.07) is 0. The number of rotatable bonds is 2. The topological polar surface area (TPSA) is 32.8 Å². The second-order valence-electron chi connectivity index (χ2n) is 3.29. The van der Waals surface area contributed by atoms with E-state index in [4.69, 9.17) is 4.84 Å². The fraction of sp³-hybridized carbons (Fsp3) is 0.875. The number of carbonyl (C=O) groups is 1. The number of nitrogens with zero attached hydrogens (tertiary/aromatic N) is 2. The predicted molar refractivity (Wildman–Crippen MR) is 45.4 cm³/mol. The molecule has 1 saturated heterocycles. The molecule has 0 aromatic rings. The van der Waals surface area contributed by atoms with E-state index in [0.29, 0.717) is 0 Å². The first kappa shape index (κ1) is 9.48. The zero-order valence-corrected chi connectivity index (χ0v) is 7.91. The average Bonchev–Trinajstić information content (AvgIpc) is 2.50. The molecule has 1 unspecified atom stereocenters. The van der Waals surface area contributed by atoms with Gasteiger partial charge in [0.15, 0.2) is 0 Å². The smallest absolute Gasteiger partial charge is 0.226 e. The highest BCUT2D eigenvalue weighted by atomic mass is 16.7. The Balaban J connectivity index is 2.41. The first-order valence-corrected chi connectivity index (χ1v) is 4.15. The molecule has 0 aromatic carbocycles. The molecule has 1 aliphatic rings. The van der Waals surface area contributed by atoms with Crippen molar-refractivity contribution in [2.75, 3.05) is 34.3 Å². The fourth-order valence-corrected chi connectivity index (χ4v) is 1.46. The van der Waals surface area contributed by atoms with E-state index in [-0.39, 0.29) is 11.8 Å². The molecule has 0 N–H and O–H groups in total. The minimum atomic E-state index is 0.125. The molecule has 12 heavy (non-hydrogen) atoms. The Morgan fingerprint density at radius 2 is 2.25 bits per heavy atom. The van der Waals surface area contributed by atoms with Gasteiger partial charge in [0, 0.05) is 27.2 Å². The first-order valence-electron chi connectivity index (χ1n) is 4.15. The van der Waals surface area contributed by atoms with E-state index < -0.39 is 0 Å². The van der Waals surface area contributed by atoms with Crippen LogP contribution in [0.1, 0.15) is 6.42 Å². The summed E-state index contributed by atoms with van der Waals surface area (Å²) in [4.78, 5) is 18.1. The molecule has 4 nitrogen and oxygen atoms in total. The Morgan fingerprint density at radius 1 is 1.58 bits per heavy atom. The van der Waals surface area contributed by atoms with Crippen LogP contribution < -0.4 is 0 Å². The zero-order chi connectivity index (χ0) is 9.14. The van der Waals surface area contributed by atoms with Crippen molar-refractivity contribution < 1.29 is 9.63 Å². The van der Waals surface area contributed by atoms with Gasteiger partial charge >= 0.3 is 0 Å². The molecule has 1 aliphatic heterocycles. The van der Waals surface area contributed by atoms with Gasteiger partial charge in [0.2, 0.25) is 5.91 Å². The molecule has 1 fully saturated rings. The Bertz CT molecular complexity index is 170. The van der Waals surface area contributed by atoms with Crippen molar-refractivity contribution in [2.45, 2.75) is 6.42 Å². The number of hydroxylamine groups is 2. The van der Waals surface area contributed by atoms with Gasteiger partial charge in [0.05, 0.1) is 13.0 Å². The average molecular weight is 172 g/mol. The lowest BCUT2D eigenvalue weighted by molar-refractivity contribution is -0.137. The summed E-state index contributed by atoms with van der Waals surface area (Å²) in [5.74, 6) is 0.328. The molecule has 70 valence electrons. The maximum Gasteiger partial charge on any atom is 0.226 e. The number of carbonyl (C=O) groups excluding carboxylic acids is 1. The maximum absolute atomic E-state index is 11.5. The van der Waals surface area contributed by atoms with E-state index in [1.165, 1.54) is 0 Å². The van der Waals surface area contributed by atoms with E-state index in [1.54, 1.807) is 26.1 Å². The van der Waals surface area contributed by atoms with Crippen molar-refractivity contribution in [2.24, 2.45) is 5.92 Å². The molecule has 4 heteroatoms. The summed E-state index contributed by atoms with van der Waals surface area (Å²) >= 11 is 0. The van der Waals surface area contributed by atoms with Gasteiger partial charge in [-0.25, -0.2) is 0 Å². The summed E-state index contributed by atoms with van der Waals surface area (Å²) < 4.78 is 0. The molecule has 0 spiro atoms. The van der Waals surface area contributed by atoms with Gasteiger partial charge in [-0.05, 0) is 6.42 Å². The third kappa shape index (κ3) is 1.95. The normalized spacial score (nSPS) is 24.4. The molecular formula is C8H16N2O2. The highest BCUT2D eigenvalue weighted by Crippen LogP contribution is 2.17. The lowest BCUT2D eigenvalue weighted by Crippen LogP contribution is -2.31. The SMILES string of the molecule is CON1CCC(C(=O)N(C)C)C1. The molecule has 0 saturated carbocycles. The van der Waals surface area contributed by atoms with Crippen molar-refractivity contribution in [3.63, 3.8) is 0 Å². The molecule has 1 amide bonds. The maximum atomic E-state index is 11.5. The standard InChI is InChI=1S/C8H16N2O2/c1-9(2)8(11)7-4-5-10(6-7)12-3/h7H,4-6H2,1-3H3. The minimum Gasteiger partial charge on any atom is -0.349 e. The van der Waals surface area contributed by atoms with Crippen LogP contribution in [0.15, 0.2) is 0 Å².